The quantitative estimate of drug-likeness (QED) is 0.435. The first-order valence-electron chi connectivity index (χ1n) is 9.11. The molecular weight excluding hydrogens is 284 g/mol. The molecule has 2 nitrogen and oxygen atoms in total. The lowest BCUT2D eigenvalue weighted by atomic mass is 9.73. The summed E-state index contributed by atoms with van der Waals surface area (Å²) >= 11 is 0. The fourth-order valence-corrected chi connectivity index (χ4v) is 4.28. The van der Waals surface area contributed by atoms with Crippen LogP contribution in [0.25, 0.3) is 0 Å². The second-order valence-electron chi connectivity index (χ2n) is 7.18. The molecule has 2 aliphatic rings. The normalized spacial score (nSPS) is 26.9. The van der Waals surface area contributed by atoms with Crippen molar-refractivity contribution in [2.75, 3.05) is 0 Å². The average molecular weight is 312 g/mol. The molecule has 0 saturated heterocycles. The van der Waals surface area contributed by atoms with Crippen LogP contribution in [0.1, 0.15) is 63.9 Å². The molecule has 124 valence electrons. The van der Waals surface area contributed by atoms with E-state index in [-0.39, 0.29) is 12.1 Å². The molecule has 23 heavy (non-hydrogen) atoms. The predicted octanol–water partition coefficient (Wildman–Crippen LogP) is 5.18. The Kier molecular flexibility index (Phi) is 4.89. The predicted molar refractivity (Wildman–Crippen MR) is 93.2 cm³/mol. The molecular formula is C21H28O2. The van der Waals surface area contributed by atoms with Gasteiger partial charge in [-0.25, -0.2) is 0 Å². The Bertz CT molecular complexity index is 552. The fraction of sp³-hybridized carbons (Fsp3) is 0.571. The van der Waals surface area contributed by atoms with Gasteiger partial charge in [-0.2, -0.15) is 0 Å². The van der Waals surface area contributed by atoms with Gasteiger partial charge in [-0.3, -0.25) is 4.79 Å². The Morgan fingerprint density at radius 3 is 2.39 bits per heavy atom. The number of esters is 1. The third-order valence-electron chi connectivity index (χ3n) is 5.81. The molecule has 0 heterocycles. The maximum Gasteiger partial charge on any atom is 0.316 e. The van der Waals surface area contributed by atoms with E-state index < -0.39 is 5.41 Å². The van der Waals surface area contributed by atoms with Crippen molar-refractivity contribution in [2.45, 2.75) is 69.8 Å². The van der Waals surface area contributed by atoms with Crippen molar-refractivity contribution in [1.29, 1.82) is 0 Å². The van der Waals surface area contributed by atoms with Crippen LogP contribution in [0.5, 0.6) is 0 Å². The van der Waals surface area contributed by atoms with Crippen molar-refractivity contribution in [3.05, 3.63) is 48.0 Å². The lowest BCUT2D eigenvalue weighted by Gasteiger charge is -2.41. The van der Waals surface area contributed by atoms with Crippen LogP contribution >= 0.6 is 0 Å². The van der Waals surface area contributed by atoms with E-state index in [1.54, 1.807) is 0 Å². The molecule has 2 heteroatoms. The van der Waals surface area contributed by atoms with Crippen LogP contribution in [0.4, 0.5) is 0 Å². The van der Waals surface area contributed by atoms with Gasteiger partial charge in [0.25, 0.3) is 0 Å². The van der Waals surface area contributed by atoms with Crippen molar-refractivity contribution in [3.8, 4) is 0 Å². The minimum Gasteiger partial charge on any atom is -0.461 e. The van der Waals surface area contributed by atoms with Gasteiger partial charge >= 0.3 is 5.97 Å². The molecule has 2 aliphatic carbocycles. The van der Waals surface area contributed by atoms with Crippen LogP contribution in [0.3, 0.4) is 0 Å². The SMILES string of the molecule is C=C1CC(OC(=O)C2(c3ccccc3)CCCCCC2)C1CC. The Hall–Kier alpha value is -1.57. The standard InChI is InChI=1S/C21H28O2/c1-3-18-16(2)15-19(18)23-20(22)21(13-9-4-5-10-14-21)17-11-7-6-8-12-17/h6-8,11-12,18-19H,2-5,9-10,13-15H2,1H3. The zero-order valence-corrected chi connectivity index (χ0v) is 14.2. The Morgan fingerprint density at radius 2 is 1.83 bits per heavy atom. The maximum absolute atomic E-state index is 13.2. The van der Waals surface area contributed by atoms with Crippen molar-refractivity contribution < 1.29 is 9.53 Å². The number of benzene rings is 1. The van der Waals surface area contributed by atoms with E-state index >= 15 is 0 Å². The van der Waals surface area contributed by atoms with E-state index in [0.29, 0.717) is 5.92 Å². The highest BCUT2D eigenvalue weighted by Gasteiger charge is 2.45. The van der Waals surface area contributed by atoms with Gasteiger partial charge in [-0.1, -0.05) is 75.1 Å². The van der Waals surface area contributed by atoms with Crippen LogP contribution in [0.15, 0.2) is 42.5 Å². The molecule has 0 spiro atoms. The van der Waals surface area contributed by atoms with Gasteiger partial charge in [0.15, 0.2) is 0 Å². The van der Waals surface area contributed by atoms with Crippen LogP contribution in [0.2, 0.25) is 0 Å². The molecule has 0 bridgehead atoms. The summed E-state index contributed by atoms with van der Waals surface area (Å²) in [5.41, 5.74) is 1.94. The summed E-state index contributed by atoms with van der Waals surface area (Å²) in [4.78, 5) is 13.2. The molecule has 2 atom stereocenters. The average Bonchev–Trinajstić information content (AvgIpc) is 2.82. The van der Waals surface area contributed by atoms with Gasteiger partial charge in [-0.15, -0.1) is 0 Å². The highest BCUT2D eigenvalue weighted by molar-refractivity contribution is 5.83. The lowest BCUT2D eigenvalue weighted by molar-refractivity contribution is -0.162. The summed E-state index contributed by atoms with van der Waals surface area (Å²) in [6.45, 7) is 6.23. The van der Waals surface area contributed by atoms with Crippen molar-refractivity contribution >= 4 is 5.97 Å². The number of carbonyl (C=O) groups is 1. The Balaban J connectivity index is 1.83. The zero-order valence-electron chi connectivity index (χ0n) is 14.2. The van der Waals surface area contributed by atoms with Crippen LogP contribution < -0.4 is 0 Å². The molecule has 2 fully saturated rings. The van der Waals surface area contributed by atoms with Crippen LogP contribution in [-0.4, -0.2) is 12.1 Å². The molecule has 1 aromatic carbocycles. The lowest BCUT2D eigenvalue weighted by Crippen LogP contribution is -2.44. The minimum absolute atomic E-state index is 0.00144. The third-order valence-corrected chi connectivity index (χ3v) is 5.81. The second-order valence-corrected chi connectivity index (χ2v) is 7.18. The number of rotatable bonds is 4. The van der Waals surface area contributed by atoms with Gasteiger partial charge in [0, 0.05) is 12.3 Å². The highest BCUT2D eigenvalue weighted by atomic mass is 16.5. The molecule has 0 aliphatic heterocycles. The molecule has 2 saturated carbocycles. The second kappa shape index (κ2) is 6.90. The van der Waals surface area contributed by atoms with E-state index in [9.17, 15) is 4.79 Å². The third kappa shape index (κ3) is 3.08. The van der Waals surface area contributed by atoms with Gasteiger partial charge in [0.05, 0.1) is 5.41 Å². The van der Waals surface area contributed by atoms with Gasteiger partial charge in [-0.05, 0) is 24.8 Å². The zero-order chi connectivity index (χ0) is 16.3. The van der Waals surface area contributed by atoms with E-state index in [4.69, 9.17) is 4.74 Å². The largest absolute Gasteiger partial charge is 0.461 e. The first kappa shape index (κ1) is 16.3. The Labute approximate surface area is 139 Å². The number of carbonyl (C=O) groups excluding carboxylic acids is 1. The maximum atomic E-state index is 13.2. The summed E-state index contributed by atoms with van der Waals surface area (Å²) < 4.78 is 6.01. The van der Waals surface area contributed by atoms with Gasteiger partial charge < -0.3 is 4.74 Å². The summed E-state index contributed by atoms with van der Waals surface area (Å²) in [5.74, 6) is 0.360. The summed E-state index contributed by atoms with van der Waals surface area (Å²) in [6.07, 6.45) is 8.39. The van der Waals surface area contributed by atoms with Crippen LogP contribution in [-0.2, 0) is 14.9 Å². The first-order valence-corrected chi connectivity index (χ1v) is 9.11. The van der Waals surface area contributed by atoms with E-state index in [1.807, 2.05) is 18.2 Å². The number of hydrogen-bond acceptors (Lipinski definition) is 2. The number of ether oxygens (including phenoxy) is 1. The topological polar surface area (TPSA) is 26.3 Å². The van der Waals surface area contributed by atoms with Gasteiger partial charge in [0.2, 0.25) is 0 Å². The number of hydrogen-bond donors (Lipinski definition) is 0. The molecule has 2 unspecified atom stereocenters. The van der Waals surface area contributed by atoms with E-state index in [1.165, 1.54) is 18.4 Å². The van der Waals surface area contributed by atoms with E-state index in [0.717, 1.165) is 44.1 Å². The fourth-order valence-electron chi connectivity index (χ4n) is 4.28. The first-order chi connectivity index (χ1) is 11.2. The van der Waals surface area contributed by atoms with Crippen molar-refractivity contribution in [1.82, 2.24) is 0 Å². The molecule has 0 radical (unpaired) electrons. The molecule has 0 amide bonds. The smallest absolute Gasteiger partial charge is 0.316 e. The Morgan fingerprint density at radius 1 is 1.17 bits per heavy atom. The molecule has 3 rings (SSSR count). The molecule has 1 aromatic rings. The highest BCUT2D eigenvalue weighted by Crippen LogP contribution is 2.43. The minimum atomic E-state index is -0.438. The van der Waals surface area contributed by atoms with E-state index in [2.05, 4.69) is 25.6 Å². The molecule has 0 N–H and O–H groups in total. The van der Waals surface area contributed by atoms with Crippen molar-refractivity contribution in [2.24, 2.45) is 5.92 Å². The summed E-state index contributed by atoms with van der Waals surface area (Å²) in [6, 6.07) is 10.3. The van der Waals surface area contributed by atoms with Crippen molar-refractivity contribution in [3.63, 3.8) is 0 Å². The monoisotopic (exact) mass is 312 g/mol. The molecule has 0 aromatic heterocycles. The van der Waals surface area contributed by atoms with Crippen LogP contribution in [0, 0.1) is 5.92 Å². The van der Waals surface area contributed by atoms with Gasteiger partial charge in [0.1, 0.15) is 6.10 Å². The summed E-state index contributed by atoms with van der Waals surface area (Å²) in [7, 11) is 0. The summed E-state index contributed by atoms with van der Waals surface area (Å²) in [5, 5.41) is 0.